The zero-order valence-electron chi connectivity index (χ0n) is 10.1. The van der Waals surface area contributed by atoms with Crippen LogP contribution in [0.25, 0.3) is 0 Å². The highest BCUT2D eigenvalue weighted by Crippen LogP contribution is 2.34. The van der Waals surface area contributed by atoms with Crippen LogP contribution < -0.4 is 9.47 Å². The predicted octanol–water partition coefficient (Wildman–Crippen LogP) is 3.09. The maximum atomic E-state index is 13.0. The van der Waals surface area contributed by atoms with Gasteiger partial charge in [0.1, 0.15) is 10.7 Å². The average Bonchev–Trinajstić information content (AvgIpc) is 2.72. The van der Waals surface area contributed by atoms with E-state index in [1.54, 1.807) is 6.92 Å². The summed E-state index contributed by atoms with van der Waals surface area (Å²) in [5, 5.41) is 9.09. The van der Waals surface area contributed by atoms with Gasteiger partial charge in [0.2, 0.25) is 0 Å². The molecule has 5 nitrogen and oxygen atoms in total. The lowest BCUT2D eigenvalue weighted by molar-refractivity contribution is 0.0701. The number of benzene rings is 1. The van der Waals surface area contributed by atoms with Crippen LogP contribution in [0.1, 0.15) is 15.4 Å². The maximum Gasteiger partial charge on any atom is 0.347 e. The van der Waals surface area contributed by atoms with Crippen LogP contribution in [0.5, 0.6) is 16.7 Å². The van der Waals surface area contributed by atoms with Crippen LogP contribution in [-0.2, 0) is 0 Å². The number of nitrogens with zero attached hydrogens (tertiary/aromatic N) is 1. The minimum absolute atomic E-state index is 0.107. The maximum absolute atomic E-state index is 13.0. The summed E-state index contributed by atoms with van der Waals surface area (Å²) >= 11 is 0.904. The minimum atomic E-state index is -1.06. The number of methoxy groups -OCH3 is 1. The number of hydrogen-bond acceptors (Lipinski definition) is 5. The number of carboxylic acids is 1. The highest BCUT2D eigenvalue weighted by Gasteiger charge is 2.16. The Morgan fingerprint density at radius 3 is 2.74 bits per heavy atom. The lowest BCUT2D eigenvalue weighted by Gasteiger charge is -2.07. The molecule has 1 N–H and O–H groups in total. The molecule has 1 aromatic heterocycles. The molecule has 1 aromatic carbocycles. The van der Waals surface area contributed by atoms with E-state index in [1.165, 1.54) is 25.3 Å². The summed E-state index contributed by atoms with van der Waals surface area (Å²) in [5.74, 6) is -1.03. The zero-order valence-corrected chi connectivity index (χ0v) is 11.0. The molecular formula is C12H10FNO4S. The molecule has 0 aliphatic heterocycles. The lowest BCUT2D eigenvalue weighted by Crippen LogP contribution is -1.94. The molecule has 0 atom stereocenters. The number of aromatic carboxylic acids is 1. The summed E-state index contributed by atoms with van der Waals surface area (Å²) in [6.45, 7) is 1.58. The quantitative estimate of drug-likeness (QED) is 0.933. The Bertz CT molecular complexity index is 626. The van der Waals surface area contributed by atoms with Gasteiger partial charge in [0.25, 0.3) is 5.19 Å². The number of rotatable bonds is 4. The molecule has 2 rings (SSSR count). The molecule has 0 aliphatic rings. The Kier molecular flexibility index (Phi) is 3.66. The highest BCUT2D eigenvalue weighted by molar-refractivity contribution is 7.15. The van der Waals surface area contributed by atoms with Gasteiger partial charge in [-0.25, -0.2) is 14.2 Å². The van der Waals surface area contributed by atoms with Gasteiger partial charge in [-0.05, 0) is 19.1 Å². The summed E-state index contributed by atoms with van der Waals surface area (Å²) in [4.78, 5) is 15.0. The fraction of sp³-hybridized carbons (Fsp3) is 0.167. The average molecular weight is 283 g/mol. The summed E-state index contributed by atoms with van der Waals surface area (Å²) in [6.07, 6.45) is 0. The Hall–Kier alpha value is -2.15. The number of halogens is 1. The van der Waals surface area contributed by atoms with E-state index >= 15 is 0 Å². The Morgan fingerprint density at radius 2 is 2.16 bits per heavy atom. The van der Waals surface area contributed by atoms with Gasteiger partial charge < -0.3 is 14.6 Å². The highest BCUT2D eigenvalue weighted by atomic mass is 32.1. The Labute approximate surface area is 112 Å². The van der Waals surface area contributed by atoms with E-state index in [9.17, 15) is 9.18 Å². The van der Waals surface area contributed by atoms with Crippen molar-refractivity contribution in [2.45, 2.75) is 6.92 Å². The van der Waals surface area contributed by atoms with Gasteiger partial charge in [-0.3, -0.25) is 0 Å². The van der Waals surface area contributed by atoms with Gasteiger partial charge in [-0.1, -0.05) is 11.3 Å². The first-order chi connectivity index (χ1) is 9.01. The molecule has 0 aliphatic carbocycles. The van der Waals surface area contributed by atoms with E-state index in [4.69, 9.17) is 14.6 Å². The third-order valence-corrected chi connectivity index (χ3v) is 3.32. The number of carbonyl (C=O) groups is 1. The predicted molar refractivity (Wildman–Crippen MR) is 66.8 cm³/mol. The number of carboxylic acid groups (broad SMARTS) is 1. The van der Waals surface area contributed by atoms with Crippen LogP contribution in [-0.4, -0.2) is 23.2 Å². The molecule has 0 fully saturated rings. The second-order valence-electron chi connectivity index (χ2n) is 3.60. The fourth-order valence-electron chi connectivity index (χ4n) is 1.43. The second-order valence-corrected chi connectivity index (χ2v) is 4.56. The van der Waals surface area contributed by atoms with Crippen molar-refractivity contribution in [2.75, 3.05) is 7.11 Å². The molecule has 7 heteroatoms. The van der Waals surface area contributed by atoms with Gasteiger partial charge in [-0.15, -0.1) is 0 Å². The second kappa shape index (κ2) is 5.23. The third kappa shape index (κ3) is 2.82. The van der Waals surface area contributed by atoms with Crippen LogP contribution in [0.4, 0.5) is 4.39 Å². The molecule has 1 heterocycles. The molecule has 0 saturated carbocycles. The lowest BCUT2D eigenvalue weighted by atomic mass is 10.3. The largest absolute Gasteiger partial charge is 0.493 e. The summed E-state index contributed by atoms with van der Waals surface area (Å²) in [6, 6.07) is 3.79. The van der Waals surface area contributed by atoms with Gasteiger partial charge in [-0.2, -0.15) is 0 Å². The first-order valence-corrected chi connectivity index (χ1v) is 6.05. The van der Waals surface area contributed by atoms with E-state index < -0.39 is 11.8 Å². The normalized spacial score (nSPS) is 10.3. The topological polar surface area (TPSA) is 68.7 Å². The molecule has 0 amide bonds. The molecule has 0 unspecified atom stereocenters. The number of thiazole rings is 1. The van der Waals surface area contributed by atoms with Crippen LogP contribution in [0.3, 0.4) is 0 Å². The number of aromatic nitrogens is 1. The first-order valence-electron chi connectivity index (χ1n) is 5.23. The molecule has 0 radical (unpaired) electrons. The molecular weight excluding hydrogens is 273 g/mol. The van der Waals surface area contributed by atoms with Gasteiger partial charge in [0.15, 0.2) is 11.5 Å². The van der Waals surface area contributed by atoms with Crippen molar-refractivity contribution in [1.82, 2.24) is 4.98 Å². The van der Waals surface area contributed by atoms with Crippen LogP contribution in [0.2, 0.25) is 0 Å². The summed E-state index contributed by atoms with van der Waals surface area (Å²) < 4.78 is 23.4. The third-order valence-electron chi connectivity index (χ3n) is 2.29. The smallest absolute Gasteiger partial charge is 0.347 e. The van der Waals surface area contributed by atoms with Crippen molar-refractivity contribution in [3.05, 3.63) is 34.6 Å². The van der Waals surface area contributed by atoms with E-state index in [0.717, 1.165) is 11.3 Å². The fourth-order valence-corrected chi connectivity index (χ4v) is 2.20. The number of ether oxygens (including phenoxy) is 2. The van der Waals surface area contributed by atoms with E-state index in [2.05, 4.69) is 4.98 Å². The standard InChI is InChI=1S/C12H10FNO4S/c1-6-10(11(15)16)19-12(14-6)18-8-4-3-7(13)5-9(8)17-2/h3-5H,1-2H3,(H,15,16). The summed E-state index contributed by atoms with van der Waals surface area (Å²) in [7, 11) is 1.39. The van der Waals surface area contributed by atoms with Crippen LogP contribution in [0, 0.1) is 12.7 Å². The van der Waals surface area contributed by atoms with Crippen molar-refractivity contribution in [3.8, 4) is 16.7 Å². The molecule has 0 saturated heterocycles. The van der Waals surface area contributed by atoms with E-state index in [0.29, 0.717) is 5.69 Å². The SMILES string of the molecule is COc1cc(F)ccc1Oc1nc(C)c(C(=O)O)s1. The van der Waals surface area contributed by atoms with E-state index in [-0.39, 0.29) is 21.6 Å². The van der Waals surface area contributed by atoms with Crippen molar-refractivity contribution in [1.29, 1.82) is 0 Å². The van der Waals surface area contributed by atoms with Crippen LogP contribution >= 0.6 is 11.3 Å². The van der Waals surface area contributed by atoms with Gasteiger partial charge >= 0.3 is 5.97 Å². The van der Waals surface area contributed by atoms with Crippen molar-refractivity contribution >= 4 is 17.3 Å². The molecule has 100 valence electrons. The number of aryl methyl sites for hydroxylation is 1. The molecule has 2 aromatic rings. The van der Waals surface area contributed by atoms with Crippen LogP contribution in [0.15, 0.2) is 18.2 Å². The van der Waals surface area contributed by atoms with Gasteiger partial charge in [0, 0.05) is 6.07 Å². The molecule has 0 bridgehead atoms. The zero-order chi connectivity index (χ0) is 14.0. The monoisotopic (exact) mass is 283 g/mol. The van der Waals surface area contributed by atoms with Crippen molar-refractivity contribution in [2.24, 2.45) is 0 Å². The van der Waals surface area contributed by atoms with E-state index in [1.807, 2.05) is 0 Å². The molecule has 0 spiro atoms. The first kappa shape index (κ1) is 13.3. The summed E-state index contributed by atoms with van der Waals surface area (Å²) in [5.41, 5.74) is 0.369. The number of hydrogen-bond donors (Lipinski definition) is 1. The minimum Gasteiger partial charge on any atom is -0.493 e. The van der Waals surface area contributed by atoms with Crippen molar-refractivity contribution in [3.63, 3.8) is 0 Å². The van der Waals surface area contributed by atoms with Crippen molar-refractivity contribution < 1.29 is 23.8 Å². The Balaban J connectivity index is 2.31. The molecule has 19 heavy (non-hydrogen) atoms. The van der Waals surface area contributed by atoms with Gasteiger partial charge in [0.05, 0.1) is 12.8 Å². The Morgan fingerprint density at radius 1 is 1.42 bits per heavy atom.